The Bertz CT molecular complexity index is 1600. The maximum Gasteiger partial charge on any atom is 1.00 e. The maximum atomic E-state index is 11.6. The van der Waals surface area contributed by atoms with E-state index in [0.717, 1.165) is 43.9 Å². The maximum absolute atomic E-state index is 11.6. The van der Waals surface area contributed by atoms with Crippen LogP contribution in [0.5, 0.6) is 11.5 Å². The SMILES string of the molecule is Cc1cc(OC[C@@H]2COC(C)(C)O2)cc(C)c1-c1cccc(COc2ccc(Cn3oc(=O)[n-]c3=O)cc2)c1C.[Na+]. The van der Waals surface area contributed by atoms with E-state index < -0.39 is 17.2 Å². The molecule has 210 valence electrons. The number of rotatable bonds is 9. The Hall–Kier alpha value is -3.08. The first kappa shape index (κ1) is 30.9. The summed E-state index contributed by atoms with van der Waals surface area (Å²) in [6.45, 7) is 11.6. The molecule has 5 rings (SSSR count). The molecular weight excluding hydrogens is 535 g/mol. The van der Waals surface area contributed by atoms with Crippen molar-refractivity contribution >= 4 is 0 Å². The molecule has 0 amide bonds. The predicted octanol–water partition coefficient (Wildman–Crippen LogP) is 1.51. The number of aromatic nitrogens is 2. The summed E-state index contributed by atoms with van der Waals surface area (Å²) < 4.78 is 29.3. The molecule has 0 radical (unpaired) electrons. The summed E-state index contributed by atoms with van der Waals surface area (Å²) in [7, 11) is 0. The van der Waals surface area contributed by atoms with E-state index in [4.69, 9.17) is 23.5 Å². The van der Waals surface area contributed by atoms with Gasteiger partial charge in [0, 0.05) is 6.54 Å². The summed E-state index contributed by atoms with van der Waals surface area (Å²) in [6.07, 6.45) is -0.0877. The van der Waals surface area contributed by atoms with E-state index in [9.17, 15) is 9.59 Å². The van der Waals surface area contributed by atoms with E-state index in [-0.39, 0.29) is 42.2 Å². The average Bonchev–Trinajstić information content (AvgIpc) is 3.42. The normalized spacial score (nSPS) is 15.9. The quantitative estimate of drug-likeness (QED) is 0.280. The van der Waals surface area contributed by atoms with Gasteiger partial charge in [0.05, 0.1) is 6.61 Å². The molecular formula is C31H33N2NaO7. The number of hydrogen-bond donors (Lipinski definition) is 0. The summed E-state index contributed by atoms with van der Waals surface area (Å²) in [5.41, 5.74) is 6.91. The first-order chi connectivity index (χ1) is 19.1. The van der Waals surface area contributed by atoms with Crippen LogP contribution in [0, 0.1) is 20.8 Å². The fourth-order valence-electron chi connectivity index (χ4n) is 4.98. The molecule has 1 aliphatic rings. The average molecular weight is 569 g/mol. The van der Waals surface area contributed by atoms with Gasteiger partial charge in [0.1, 0.15) is 30.8 Å². The van der Waals surface area contributed by atoms with Crippen molar-refractivity contribution in [2.24, 2.45) is 0 Å². The van der Waals surface area contributed by atoms with Crippen LogP contribution in [-0.4, -0.2) is 29.8 Å². The zero-order valence-corrected chi connectivity index (χ0v) is 26.4. The number of ether oxygens (including phenoxy) is 4. The van der Waals surface area contributed by atoms with Crippen LogP contribution in [0.1, 0.15) is 41.7 Å². The Morgan fingerprint density at radius 1 is 0.976 bits per heavy atom. The molecule has 0 spiro atoms. The molecule has 1 atom stereocenters. The van der Waals surface area contributed by atoms with Crippen LogP contribution in [0.2, 0.25) is 0 Å². The second-order valence-electron chi connectivity index (χ2n) is 10.5. The summed E-state index contributed by atoms with van der Waals surface area (Å²) >= 11 is 0. The van der Waals surface area contributed by atoms with Crippen LogP contribution >= 0.6 is 0 Å². The molecule has 2 heterocycles. The Labute approximate surface area is 260 Å². The van der Waals surface area contributed by atoms with Gasteiger partial charge in [-0.1, -0.05) is 30.3 Å². The molecule has 1 aromatic heterocycles. The second kappa shape index (κ2) is 12.8. The molecule has 0 aliphatic carbocycles. The Balaban J connectivity index is 0.00000387. The minimum atomic E-state index is -0.897. The van der Waals surface area contributed by atoms with Gasteiger partial charge in [0.2, 0.25) is 0 Å². The van der Waals surface area contributed by atoms with Crippen LogP contribution in [0.25, 0.3) is 11.1 Å². The fourth-order valence-corrected chi connectivity index (χ4v) is 4.98. The van der Waals surface area contributed by atoms with E-state index in [2.05, 4.69) is 50.0 Å². The molecule has 9 nitrogen and oxygen atoms in total. The first-order valence-electron chi connectivity index (χ1n) is 13.2. The van der Waals surface area contributed by atoms with Crippen molar-refractivity contribution in [3.63, 3.8) is 0 Å². The minimum Gasteiger partial charge on any atom is -0.491 e. The third-order valence-corrected chi connectivity index (χ3v) is 6.96. The first-order valence-corrected chi connectivity index (χ1v) is 13.2. The van der Waals surface area contributed by atoms with Gasteiger partial charge in [0.15, 0.2) is 11.5 Å². The van der Waals surface area contributed by atoms with Crippen molar-refractivity contribution in [2.75, 3.05) is 13.2 Å². The zero-order chi connectivity index (χ0) is 28.4. The topological polar surface area (TPSA) is 103 Å². The van der Waals surface area contributed by atoms with Crippen molar-refractivity contribution in [1.82, 2.24) is 9.72 Å². The summed E-state index contributed by atoms with van der Waals surface area (Å²) in [5, 5.41) is 0. The van der Waals surface area contributed by atoms with Gasteiger partial charge in [-0.05, 0) is 97.8 Å². The van der Waals surface area contributed by atoms with E-state index in [0.29, 0.717) is 25.6 Å². The monoisotopic (exact) mass is 568 g/mol. The van der Waals surface area contributed by atoms with E-state index >= 15 is 0 Å². The van der Waals surface area contributed by atoms with E-state index in [1.165, 1.54) is 5.56 Å². The molecule has 10 heteroatoms. The second-order valence-corrected chi connectivity index (χ2v) is 10.5. The van der Waals surface area contributed by atoms with Gasteiger partial charge in [-0.2, -0.15) is 0 Å². The molecule has 3 aromatic carbocycles. The van der Waals surface area contributed by atoms with Crippen LogP contribution in [-0.2, 0) is 22.6 Å². The smallest absolute Gasteiger partial charge is 0.491 e. The Morgan fingerprint density at radius 3 is 2.29 bits per heavy atom. The van der Waals surface area contributed by atoms with Crippen molar-refractivity contribution < 1.29 is 53.0 Å². The minimum absolute atomic E-state index is 0. The molecule has 0 unspecified atom stereocenters. The van der Waals surface area contributed by atoms with Crippen LogP contribution in [0.4, 0.5) is 0 Å². The van der Waals surface area contributed by atoms with Gasteiger partial charge in [0.25, 0.3) is 0 Å². The van der Waals surface area contributed by atoms with Crippen LogP contribution < -0.4 is 55.5 Å². The number of hydrogen-bond acceptors (Lipinski definition) is 7. The van der Waals surface area contributed by atoms with Gasteiger partial charge in [-0.15, -0.1) is 0 Å². The number of benzene rings is 3. The summed E-state index contributed by atoms with van der Waals surface area (Å²) in [6, 6.07) is 17.7. The van der Waals surface area contributed by atoms with Gasteiger partial charge in [-0.25, -0.2) is 4.79 Å². The zero-order valence-electron chi connectivity index (χ0n) is 24.4. The fraction of sp³-hybridized carbons (Fsp3) is 0.355. The molecule has 0 saturated carbocycles. The molecule has 0 bridgehead atoms. The summed E-state index contributed by atoms with van der Waals surface area (Å²) in [4.78, 5) is 25.9. The van der Waals surface area contributed by atoms with Gasteiger partial charge < -0.3 is 28.5 Å². The van der Waals surface area contributed by atoms with Gasteiger partial charge in [-0.3, -0.25) is 9.53 Å². The molecule has 41 heavy (non-hydrogen) atoms. The predicted molar refractivity (Wildman–Crippen MR) is 149 cm³/mol. The summed E-state index contributed by atoms with van der Waals surface area (Å²) in [5.74, 6) is 0.0428. The third kappa shape index (κ3) is 7.42. The number of nitrogens with zero attached hydrogens (tertiary/aromatic N) is 2. The third-order valence-electron chi connectivity index (χ3n) is 6.96. The molecule has 1 saturated heterocycles. The molecule has 4 aromatic rings. The van der Waals surface area contributed by atoms with Crippen LogP contribution in [0.15, 0.2) is 68.7 Å². The van der Waals surface area contributed by atoms with Gasteiger partial charge >= 0.3 is 35.3 Å². The largest absolute Gasteiger partial charge is 1.00 e. The molecule has 1 aliphatic heterocycles. The standard InChI is InChI=1S/C31H34N2O7.Na/c1-19-13-25(37-17-26-18-38-31(4,5)39-26)14-20(2)28(19)27-8-6-7-23(21(27)3)16-36-24-11-9-22(10-12-24)15-33-29(34)32-30(35)40-33;/h6-14,26H,15-18H2,1-5H3,(H,32,34,35);/q;+1/p-1/t26-;/m1./s1. The van der Waals surface area contributed by atoms with Crippen molar-refractivity contribution in [2.45, 2.75) is 59.7 Å². The van der Waals surface area contributed by atoms with Crippen LogP contribution in [0.3, 0.4) is 0 Å². The van der Waals surface area contributed by atoms with Crippen molar-refractivity contribution in [3.05, 3.63) is 103 Å². The van der Waals surface area contributed by atoms with E-state index in [1.807, 2.05) is 44.2 Å². The number of aryl methyl sites for hydroxylation is 2. The van der Waals surface area contributed by atoms with Crippen molar-refractivity contribution in [3.8, 4) is 22.6 Å². The Kier molecular flexibility index (Phi) is 9.66. The molecule has 1 fully saturated rings. The van der Waals surface area contributed by atoms with E-state index in [1.54, 1.807) is 0 Å². The van der Waals surface area contributed by atoms with Crippen molar-refractivity contribution in [1.29, 1.82) is 0 Å². The Morgan fingerprint density at radius 2 is 1.68 bits per heavy atom. The molecule has 0 N–H and O–H groups in total.